The van der Waals surface area contributed by atoms with Gasteiger partial charge in [0.25, 0.3) is 10.1 Å². The van der Waals surface area contributed by atoms with Gasteiger partial charge >= 0.3 is 59.9 Å². The third-order valence-corrected chi connectivity index (χ3v) is 9.83. The van der Waals surface area contributed by atoms with E-state index in [9.17, 15) is 96.2 Å². The van der Waals surface area contributed by atoms with Crippen molar-refractivity contribution in [3.8, 4) is 11.5 Å². The highest BCUT2D eigenvalue weighted by molar-refractivity contribution is 7.85. The summed E-state index contributed by atoms with van der Waals surface area (Å²) in [7, 11) is -3.99. The molecule has 0 bridgehead atoms. The van der Waals surface area contributed by atoms with Crippen LogP contribution in [0.25, 0.3) is 0 Å². The van der Waals surface area contributed by atoms with Crippen molar-refractivity contribution in [1.29, 1.82) is 0 Å². The van der Waals surface area contributed by atoms with E-state index in [1.54, 1.807) is 0 Å². The third-order valence-electron chi connectivity index (χ3n) is 9.03. The van der Waals surface area contributed by atoms with Gasteiger partial charge in [0.2, 0.25) is 0 Å². The van der Waals surface area contributed by atoms with E-state index >= 15 is 0 Å². The molecule has 75 heavy (non-hydrogen) atoms. The minimum Gasteiger partial charge on any atom is -0.491 e. The predicted octanol–water partition coefficient (Wildman–Crippen LogP) is 7.83. The van der Waals surface area contributed by atoms with Gasteiger partial charge in [-0.2, -0.15) is 87.4 Å². The maximum Gasteiger partial charge on any atom is 0.471 e. The first-order valence-corrected chi connectivity index (χ1v) is 23.0. The van der Waals surface area contributed by atoms with Gasteiger partial charge in [0.1, 0.15) is 18.1 Å². The first-order valence-electron chi connectivity index (χ1n) is 21.4. The lowest BCUT2D eigenvalue weighted by Crippen LogP contribution is -2.76. The summed E-state index contributed by atoms with van der Waals surface area (Å²) in [5.74, 6) is -71.7. The van der Waals surface area contributed by atoms with Crippen LogP contribution in [0.2, 0.25) is 0 Å². The molecule has 1 aromatic carbocycles. The largest absolute Gasteiger partial charge is 0.491 e. The van der Waals surface area contributed by atoms with E-state index in [1.165, 1.54) is 0 Å². The average Bonchev–Trinajstić information content (AvgIpc) is 3.31. The van der Waals surface area contributed by atoms with Crippen LogP contribution in [0.15, 0.2) is 24.3 Å². The van der Waals surface area contributed by atoms with Crippen molar-refractivity contribution in [1.82, 2.24) is 0 Å². The molecule has 0 atom stereocenters. The second-order valence-electron chi connectivity index (χ2n) is 14.6. The minimum absolute atomic E-state index is 0.0132. The van der Waals surface area contributed by atoms with Gasteiger partial charge in [0.05, 0.1) is 131 Å². The molecular formula is C39H52F20O15S. The van der Waals surface area contributed by atoms with Crippen LogP contribution < -0.4 is 9.47 Å². The molecule has 1 rings (SSSR count). The molecule has 1 aromatic rings. The molecule has 444 valence electrons. The molecule has 0 radical (unpaired) electrons. The Morgan fingerprint density at radius 1 is 0.360 bits per heavy atom. The lowest BCUT2D eigenvalue weighted by Gasteiger charge is -2.44. The Morgan fingerprint density at radius 3 is 0.880 bits per heavy atom. The standard InChI is InChI=1S/C39H52F20O15S/c40-30(41)31(42,43)32(44,45)33(46,47)34(48,49)35(50,51)36(52,53)37(54,55)38(56,57)39(58,59)74-29-4-2-28(3-5-29)73-26-25-72-24-23-71-22-21-70-20-19-69-18-17-68-16-15-67-14-13-66-12-11-65-10-9-64-8-7-63-6-1-27-75(60,61)62/h2-5,30H,1,6-27H2,(H,60,61,62). The van der Waals surface area contributed by atoms with Crippen LogP contribution in [0.3, 0.4) is 0 Å². The number of rotatable bonds is 46. The van der Waals surface area contributed by atoms with Crippen LogP contribution >= 0.6 is 0 Å². The van der Waals surface area contributed by atoms with Crippen molar-refractivity contribution in [3.63, 3.8) is 0 Å². The maximum absolute atomic E-state index is 14.2. The monoisotopic (exact) mass is 1170 g/mol. The molecule has 0 aliphatic carbocycles. The van der Waals surface area contributed by atoms with Crippen LogP contribution in [0, 0.1) is 0 Å². The van der Waals surface area contributed by atoms with Crippen LogP contribution in [0.5, 0.6) is 11.5 Å². The molecule has 0 saturated heterocycles. The Labute approximate surface area is 414 Å². The number of hydrogen-bond donors (Lipinski definition) is 1. The number of halogens is 20. The zero-order valence-corrected chi connectivity index (χ0v) is 39.6. The average molecular weight is 1170 g/mol. The summed E-state index contributed by atoms with van der Waals surface area (Å²) >= 11 is 0. The molecule has 0 aliphatic rings. The molecule has 0 aromatic heterocycles. The van der Waals surface area contributed by atoms with Crippen molar-refractivity contribution in [3.05, 3.63) is 24.3 Å². The molecule has 1 N–H and O–H groups in total. The van der Waals surface area contributed by atoms with Crippen molar-refractivity contribution in [2.24, 2.45) is 0 Å². The van der Waals surface area contributed by atoms with Gasteiger partial charge in [-0.3, -0.25) is 4.55 Å². The molecule has 0 fully saturated rings. The van der Waals surface area contributed by atoms with Crippen LogP contribution in [-0.2, 0) is 57.5 Å². The molecular weight excluding hydrogens is 1120 g/mol. The molecule has 0 unspecified atom stereocenters. The predicted molar refractivity (Wildman–Crippen MR) is 212 cm³/mol. The Morgan fingerprint density at radius 2 is 0.600 bits per heavy atom. The molecule has 36 heteroatoms. The van der Waals surface area contributed by atoms with E-state index in [-0.39, 0.29) is 103 Å². The Kier molecular flexibility index (Phi) is 29.4. The Bertz CT molecular complexity index is 1820. The summed E-state index contributed by atoms with van der Waals surface area (Å²) < 4.78 is 364. The highest BCUT2D eigenvalue weighted by Gasteiger charge is 2.97. The fourth-order valence-electron chi connectivity index (χ4n) is 4.97. The maximum atomic E-state index is 14.2. The number of hydrogen-bond acceptors (Lipinski definition) is 14. The lowest BCUT2D eigenvalue weighted by atomic mass is 9.87. The normalized spacial score (nSPS) is 14.1. The SMILES string of the molecule is O=S(=O)(O)CCCOCCOCCOCCOCCOCCOCCOCCOCCOCCOCCOc1ccc(OC(F)(F)C(F)(F)C(F)(F)C(F)(F)C(F)(F)C(F)(F)C(F)(F)C(F)(F)C(F)(F)C(F)F)cc1. The molecule has 0 amide bonds. The van der Waals surface area contributed by atoms with Gasteiger partial charge in [-0.05, 0) is 30.7 Å². The fourth-order valence-corrected chi connectivity index (χ4v) is 5.46. The molecule has 0 saturated carbocycles. The van der Waals surface area contributed by atoms with Gasteiger partial charge in [-0.1, -0.05) is 0 Å². The second-order valence-corrected chi connectivity index (χ2v) is 16.2. The Balaban J connectivity index is 2.21. The summed E-state index contributed by atoms with van der Waals surface area (Å²) in [6.45, 7) is 4.39. The van der Waals surface area contributed by atoms with Gasteiger partial charge in [-0.25, -0.2) is 8.78 Å². The summed E-state index contributed by atoms with van der Waals surface area (Å²) in [5, 5.41) is 0. The number of benzene rings is 1. The highest BCUT2D eigenvalue weighted by Crippen LogP contribution is 2.65. The van der Waals surface area contributed by atoms with Crippen molar-refractivity contribution >= 4 is 10.1 Å². The first-order chi connectivity index (χ1) is 34.6. The summed E-state index contributed by atoms with van der Waals surface area (Å²) in [6, 6.07) is 1.49. The second kappa shape index (κ2) is 31.5. The minimum atomic E-state index is -9.12. The number of ether oxygens (including phenoxy) is 12. The van der Waals surface area contributed by atoms with E-state index in [0.29, 0.717) is 78.2 Å². The molecule has 0 heterocycles. The third kappa shape index (κ3) is 20.6. The van der Waals surface area contributed by atoms with Gasteiger partial charge < -0.3 is 56.8 Å². The quantitative estimate of drug-likeness (QED) is 0.0381. The van der Waals surface area contributed by atoms with Gasteiger partial charge in [0, 0.05) is 6.61 Å². The van der Waals surface area contributed by atoms with E-state index in [1.807, 2.05) is 0 Å². The lowest BCUT2D eigenvalue weighted by molar-refractivity contribution is -0.474. The summed E-state index contributed by atoms with van der Waals surface area (Å²) in [5.41, 5.74) is 0. The fraction of sp³-hybridized carbons (Fsp3) is 0.846. The Hall–Kier alpha value is -3.07. The topological polar surface area (TPSA) is 165 Å². The number of alkyl halides is 20. The molecule has 15 nitrogen and oxygen atoms in total. The zero-order chi connectivity index (χ0) is 57.3. The zero-order valence-electron chi connectivity index (χ0n) is 38.8. The molecule has 0 aliphatic heterocycles. The van der Waals surface area contributed by atoms with E-state index in [0.717, 1.165) is 0 Å². The van der Waals surface area contributed by atoms with E-state index in [4.69, 9.17) is 56.7 Å². The van der Waals surface area contributed by atoms with Gasteiger partial charge in [0.15, 0.2) is 0 Å². The van der Waals surface area contributed by atoms with Crippen molar-refractivity contribution < 1.29 is 158 Å². The van der Waals surface area contributed by atoms with E-state index < -0.39 is 75.8 Å². The van der Waals surface area contributed by atoms with Crippen LogP contribution in [0.1, 0.15) is 6.42 Å². The van der Waals surface area contributed by atoms with Gasteiger partial charge in [-0.15, -0.1) is 0 Å². The van der Waals surface area contributed by atoms with Crippen LogP contribution in [-0.4, -0.2) is 217 Å². The van der Waals surface area contributed by atoms with Crippen LogP contribution in [0.4, 0.5) is 87.8 Å². The van der Waals surface area contributed by atoms with Crippen molar-refractivity contribution in [2.45, 2.75) is 66.3 Å². The summed E-state index contributed by atoms with van der Waals surface area (Å²) in [4.78, 5) is 0. The summed E-state index contributed by atoms with van der Waals surface area (Å²) in [6.07, 6.45) is -13.2. The highest BCUT2D eigenvalue weighted by atomic mass is 32.2. The van der Waals surface area contributed by atoms with E-state index in [2.05, 4.69) is 4.74 Å². The smallest absolute Gasteiger partial charge is 0.471 e. The first kappa shape index (κ1) is 69.9. The van der Waals surface area contributed by atoms with Crippen molar-refractivity contribution in [2.75, 3.05) is 144 Å². The molecule has 0 spiro atoms.